The van der Waals surface area contributed by atoms with Gasteiger partial charge in [-0.05, 0) is 45.0 Å². The molecule has 0 aromatic heterocycles. The van der Waals surface area contributed by atoms with E-state index in [1.54, 1.807) is 45.0 Å². The average molecular weight is 251 g/mol. The third kappa shape index (κ3) is 3.48. The Morgan fingerprint density at radius 3 is 2.22 bits per heavy atom. The summed E-state index contributed by atoms with van der Waals surface area (Å²) in [6.45, 7) is 5.27. The quantitative estimate of drug-likeness (QED) is 0.804. The van der Waals surface area contributed by atoms with Crippen LogP contribution in [0.5, 0.6) is 5.75 Å². The molecule has 0 saturated carbocycles. The van der Waals surface area contributed by atoms with Gasteiger partial charge in [-0.25, -0.2) is 4.79 Å². The Morgan fingerprint density at radius 2 is 1.78 bits per heavy atom. The van der Waals surface area contributed by atoms with Gasteiger partial charge in [0.25, 0.3) is 0 Å². The molecule has 0 fully saturated rings. The Balaban J connectivity index is 2.78. The van der Waals surface area contributed by atoms with Gasteiger partial charge in [0.05, 0.1) is 6.61 Å². The number of ether oxygens (including phenoxy) is 2. The number of hydrogen-bond donors (Lipinski definition) is 1. The molecule has 0 heterocycles. The molecule has 1 rings (SSSR count). The molecular weight excluding hydrogens is 234 g/mol. The van der Waals surface area contributed by atoms with Crippen molar-refractivity contribution in [2.75, 3.05) is 6.61 Å². The lowest BCUT2D eigenvalue weighted by atomic mass is 10.1. The van der Waals surface area contributed by atoms with E-state index in [4.69, 9.17) is 15.2 Å². The summed E-state index contributed by atoms with van der Waals surface area (Å²) in [6, 6.07) is 6.25. The topological polar surface area (TPSA) is 78.6 Å². The number of amides is 1. The maximum atomic E-state index is 11.6. The van der Waals surface area contributed by atoms with E-state index in [0.29, 0.717) is 17.9 Å². The fourth-order valence-corrected chi connectivity index (χ4v) is 1.33. The number of carbonyl (C=O) groups is 2. The maximum Gasteiger partial charge on any atom is 0.349 e. The molecule has 0 atom stereocenters. The normalized spacial score (nSPS) is 10.8. The average Bonchev–Trinajstić information content (AvgIpc) is 2.29. The Morgan fingerprint density at radius 1 is 1.22 bits per heavy atom. The lowest BCUT2D eigenvalue weighted by Gasteiger charge is -2.24. The van der Waals surface area contributed by atoms with E-state index in [0.717, 1.165) is 0 Å². The second-order valence-corrected chi connectivity index (χ2v) is 4.22. The minimum Gasteiger partial charge on any atom is -0.476 e. The van der Waals surface area contributed by atoms with Crippen LogP contribution in [0.25, 0.3) is 0 Å². The van der Waals surface area contributed by atoms with Crippen molar-refractivity contribution in [1.29, 1.82) is 0 Å². The summed E-state index contributed by atoms with van der Waals surface area (Å²) in [5.74, 6) is -0.478. The van der Waals surface area contributed by atoms with Crippen molar-refractivity contribution >= 4 is 11.9 Å². The van der Waals surface area contributed by atoms with Gasteiger partial charge >= 0.3 is 5.97 Å². The molecule has 18 heavy (non-hydrogen) atoms. The number of carbonyl (C=O) groups excluding carboxylic acids is 2. The first kappa shape index (κ1) is 14.0. The Hall–Kier alpha value is -2.04. The molecule has 0 aliphatic rings. The van der Waals surface area contributed by atoms with Gasteiger partial charge in [-0.1, -0.05) is 0 Å². The zero-order valence-corrected chi connectivity index (χ0v) is 10.7. The molecule has 0 aliphatic heterocycles. The van der Waals surface area contributed by atoms with E-state index in [9.17, 15) is 9.59 Å². The second-order valence-electron chi connectivity index (χ2n) is 4.22. The molecule has 1 amide bonds. The molecule has 5 heteroatoms. The van der Waals surface area contributed by atoms with Gasteiger partial charge < -0.3 is 15.2 Å². The smallest absolute Gasteiger partial charge is 0.349 e. The molecule has 0 bridgehead atoms. The van der Waals surface area contributed by atoms with E-state index in [2.05, 4.69) is 0 Å². The Kier molecular flexibility index (Phi) is 4.31. The fourth-order valence-electron chi connectivity index (χ4n) is 1.33. The zero-order valence-electron chi connectivity index (χ0n) is 10.7. The first-order valence-corrected chi connectivity index (χ1v) is 5.63. The van der Waals surface area contributed by atoms with Crippen molar-refractivity contribution < 1.29 is 19.1 Å². The van der Waals surface area contributed by atoms with E-state index in [1.165, 1.54) is 0 Å². The molecule has 0 saturated heterocycles. The van der Waals surface area contributed by atoms with Crippen LogP contribution in [0.2, 0.25) is 0 Å². The first-order chi connectivity index (χ1) is 8.36. The number of primary amides is 1. The summed E-state index contributed by atoms with van der Waals surface area (Å²) in [5.41, 5.74) is 4.43. The van der Waals surface area contributed by atoms with Gasteiger partial charge in [-0.2, -0.15) is 0 Å². The molecule has 0 radical (unpaired) electrons. The predicted molar refractivity (Wildman–Crippen MR) is 66.3 cm³/mol. The van der Waals surface area contributed by atoms with E-state index < -0.39 is 17.5 Å². The van der Waals surface area contributed by atoms with Crippen LogP contribution in [0.3, 0.4) is 0 Å². The van der Waals surface area contributed by atoms with Gasteiger partial charge in [-0.15, -0.1) is 0 Å². The molecule has 1 aromatic rings. The molecule has 1 aromatic carbocycles. The molecule has 2 N–H and O–H groups in total. The lowest BCUT2D eigenvalue weighted by Crippen LogP contribution is -2.39. The van der Waals surface area contributed by atoms with Gasteiger partial charge in [0.2, 0.25) is 5.91 Å². The molecule has 0 aliphatic carbocycles. The van der Waals surface area contributed by atoms with Crippen LogP contribution in [-0.4, -0.2) is 24.1 Å². The standard InChI is InChI=1S/C13H17NO4/c1-4-17-12(16)13(2,3)18-10-7-5-9(6-8-10)11(14)15/h5-8H,4H2,1-3H3,(H2,14,15). The van der Waals surface area contributed by atoms with Crippen LogP contribution in [0.15, 0.2) is 24.3 Å². The highest BCUT2D eigenvalue weighted by molar-refractivity contribution is 5.92. The van der Waals surface area contributed by atoms with Crippen LogP contribution in [0.4, 0.5) is 0 Å². The van der Waals surface area contributed by atoms with Crippen molar-refractivity contribution in [3.63, 3.8) is 0 Å². The molecule has 0 spiro atoms. The summed E-state index contributed by atoms with van der Waals surface area (Å²) in [4.78, 5) is 22.5. The summed E-state index contributed by atoms with van der Waals surface area (Å²) >= 11 is 0. The van der Waals surface area contributed by atoms with Crippen LogP contribution in [0.1, 0.15) is 31.1 Å². The van der Waals surface area contributed by atoms with Gasteiger partial charge in [0.1, 0.15) is 5.75 Å². The van der Waals surface area contributed by atoms with Gasteiger partial charge in [-0.3, -0.25) is 4.79 Å². The second kappa shape index (κ2) is 5.53. The largest absolute Gasteiger partial charge is 0.476 e. The van der Waals surface area contributed by atoms with E-state index >= 15 is 0 Å². The highest BCUT2D eigenvalue weighted by Crippen LogP contribution is 2.20. The van der Waals surface area contributed by atoms with Crippen LogP contribution in [-0.2, 0) is 9.53 Å². The third-order valence-corrected chi connectivity index (χ3v) is 2.28. The maximum absolute atomic E-state index is 11.6. The molecule has 98 valence electrons. The number of hydrogen-bond acceptors (Lipinski definition) is 4. The monoisotopic (exact) mass is 251 g/mol. The van der Waals surface area contributed by atoms with Crippen molar-refractivity contribution in [2.24, 2.45) is 5.73 Å². The predicted octanol–water partition coefficient (Wildman–Crippen LogP) is 1.51. The van der Waals surface area contributed by atoms with Crippen molar-refractivity contribution in [1.82, 2.24) is 0 Å². The van der Waals surface area contributed by atoms with E-state index in [1.807, 2.05) is 0 Å². The number of nitrogens with two attached hydrogens (primary N) is 1. The Labute approximate surface area is 106 Å². The summed E-state index contributed by atoms with van der Waals surface area (Å²) in [6.07, 6.45) is 0. The van der Waals surface area contributed by atoms with Crippen LogP contribution in [0, 0.1) is 0 Å². The summed E-state index contributed by atoms with van der Waals surface area (Å²) in [5, 5.41) is 0. The zero-order chi connectivity index (χ0) is 13.8. The first-order valence-electron chi connectivity index (χ1n) is 5.63. The number of esters is 1. The SMILES string of the molecule is CCOC(=O)C(C)(C)Oc1ccc(C(N)=O)cc1. The van der Waals surface area contributed by atoms with Crippen molar-refractivity contribution in [3.8, 4) is 5.75 Å². The fraction of sp³-hybridized carbons (Fsp3) is 0.385. The van der Waals surface area contributed by atoms with Gasteiger partial charge in [0, 0.05) is 5.56 Å². The van der Waals surface area contributed by atoms with Crippen molar-refractivity contribution in [3.05, 3.63) is 29.8 Å². The highest BCUT2D eigenvalue weighted by atomic mass is 16.6. The van der Waals surface area contributed by atoms with Gasteiger partial charge in [0.15, 0.2) is 5.60 Å². The van der Waals surface area contributed by atoms with Crippen LogP contribution >= 0.6 is 0 Å². The van der Waals surface area contributed by atoms with Crippen LogP contribution < -0.4 is 10.5 Å². The summed E-state index contributed by atoms with van der Waals surface area (Å²) < 4.78 is 10.4. The Bertz CT molecular complexity index is 437. The minimum atomic E-state index is -1.08. The number of benzene rings is 1. The lowest BCUT2D eigenvalue weighted by molar-refractivity contribution is -0.158. The molecule has 5 nitrogen and oxygen atoms in total. The van der Waals surface area contributed by atoms with Crippen molar-refractivity contribution in [2.45, 2.75) is 26.4 Å². The number of rotatable bonds is 5. The summed E-state index contributed by atoms with van der Waals surface area (Å²) in [7, 11) is 0. The molecular formula is C13H17NO4. The minimum absolute atomic E-state index is 0.298. The third-order valence-electron chi connectivity index (χ3n) is 2.28. The van der Waals surface area contributed by atoms with E-state index in [-0.39, 0.29) is 0 Å². The molecule has 0 unspecified atom stereocenters. The highest BCUT2D eigenvalue weighted by Gasteiger charge is 2.31.